The predicted octanol–water partition coefficient (Wildman–Crippen LogP) is 2.74. The highest BCUT2D eigenvalue weighted by atomic mass is 16.3. The molecule has 2 aromatic carbocycles. The van der Waals surface area contributed by atoms with Gasteiger partial charge >= 0.3 is 6.03 Å². The van der Waals surface area contributed by atoms with Crippen LogP contribution in [0.1, 0.15) is 5.56 Å². The maximum atomic E-state index is 12.0. The molecule has 0 aliphatic carbocycles. The van der Waals surface area contributed by atoms with E-state index in [1.165, 1.54) is 4.90 Å². The van der Waals surface area contributed by atoms with Crippen molar-refractivity contribution in [1.29, 1.82) is 0 Å². The fraction of sp³-hybridized carbons (Fsp3) is 0.133. The summed E-state index contributed by atoms with van der Waals surface area (Å²) < 4.78 is 0. The summed E-state index contributed by atoms with van der Waals surface area (Å²) in [5, 5.41) is 12.0. The van der Waals surface area contributed by atoms with Crippen LogP contribution >= 0.6 is 0 Å². The fourth-order valence-corrected chi connectivity index (χ4v) is 1.69. The number of carbonyl (C=O) groups excluding carboxylic acids is 1. The molecule has 4 heteroatoms. The zero-order chi connectivity index (χ0) is 13.7. The monoisotopic (exact) mass is 256 g/mol. The highest BCUT2D eigenvalue weighted by Gasteiger charge is 2.09. The zero-order valence-electron chi connectivity index (χ0n) is 10.7. The normalized spacial score (nSPS) is 9.95. The van der Waals surface area contributed by atoms with Crippen molar-refractivity contribution in [3.05, 3.63) is 60.2 Å². The van der Waals surface area contributed by atoms with Crippen LogP contribution in [0.25, 0.3) is 0 Å². The molecule has 0 fully saturated rings. The minimum atomic E-state index is -0.186. The number of carbonyl (C=O) groups is 1. The van der Waals surface area contributed by atoms with Crippen LogP contribution in [0.3, 0.4) is 0 Å². The summed E-state index contributed by atoms with van der Waals surface area (Å²) in [4.78, 5) is 13.5. The van der Waals surface area contributed by atoms with Crippen molar-refractivity contribution in [2.24, 2.45) is 0 Å². The lowest BCUT2D eigenvalue weighted by Crippen LogP contribution is -2.36. The van der Waals surface area contributed by atoms with Crippen LogP contribution in [-0.2, 0) is 6.54 Å². The van der Waals surface area contributed by atoms with Crippen LogP contribution in [0.5, 0.6) is 5.75 Å². The SMILES string of the molecule is CN(C(=O)NCc1ccccc1)c1ccc(O)cc1. The molecule has 98 valence electrons. The maximum absolute atomic E-state index is 12.0. The van der Waals surface area contributed by atoms with E-state index in [0.717, 1.165) is 11.3 Å². The van der Waals surface area contributed by atoms with Gasteiger partial charge in [-0.15, -0.1) is 0 Å². The topological polar surface area (TPSA) is 52.6 Å². The van der Waals surface area contributed by atoms with E-state index in [9.17, 15) is 9.90 Å². The molecule has 2 rings (SSSR count). The number of phenolic OH excluding ortho intramolecular Hbond substituents is 1. The van der Waals surface area contributed by atoms with E-state index in [4.69, 9.17) is 0 Å². The summed E-state index contributed by atoms with van der Waals surface area (Å²) in [6, 6.07) is 16.0. The number of aromatic hydroxyl groups is 1. The largest absolute Gasteiger partial charge is 0.508 e. The van der Waals surface area contributed by atoms with Gasteiger partial charge in [-0.05, 0) is 29.8 Å². The number of hydrogen-bond donors (Lipinski definition) is 2. The van der Waals surface area contributed by atoms with Crippen molar-refractivity contribution in [3.8, 4) is 5.75 Å². The molecule has 0 aliphatic heterocycles. The van der Waals surface area contributed by atoms with Crippen molar-refractivity contribution >= 4 is 11.7 Å². The van der Waals surface area contributed by atoms with E-state index >= 15 is 0 Å². The summed E-state index contributed by atoms with van der Waals surface area (Å²) in [5.74, 6) is 0.182. The number of anilines is 1. The molecule has 0 spiro atoms. The minimum Gasteiger partial charge on any atom is -0.508 e. The third-order valence-corrected chi connectivity index (χ3v) is 2.83. The van der Waals surface area contributed by atoms with Crippen molar-refractivity contribution in [1.82, 2.24) is 5.32 Å². The second kappa shape index (κ2) is 5.91. The van der Waals surface area contributed by atoms with Gasteiger partial charge in [-0.2, -0.15) is 0 Å². The van der Waals surface area contributed by atoms with Crippen molar-refractivity contribution in [3.63, 3.8) is 0 Å². The van der Waals surface area contributed by atoms with Gasteiger partial charge in [-0.25, -0.2) is 4.79 Å². The molecule has 0 atom stereocenters. The lowest BCUT2D eigenvalue weighted by Gasteiger charge is -2.18. The van der Waals surface area contributed by atoms with Crippen LogP contribution in [0.2, 0.25) is 0 Å². The van der Waals surface area contributed by atoms with Gasteiger partial charge < -0.3 is 10.4 Å². The molecule has 2 N–H and O–H groups in total. The van der Waals surface area contributed by atoms with Gasteiger partial charge in [0.2, 0.25) is 0 Å². The molecule has 0 unspecified atom stereocenters. The molecule has 0 saturated heterocycles. The van der Waals surface area contributed by atoms with E-state index < -0.39 is 0 Å². The number of amides is 2. The number of urea groups is 1. The quantitative estimate of drug-likeness (QED) is 0.887. The molecule has 4 nitrogen and oxygen atoms in total. The number of hydrogen-bond acceptors (Lipinski definition) is 2. The third-order valence-electron chi connectivity index (χ3n) is 2.83. The van der Waals surface area contributed by atoms with Crippen LogP contribution in [0, 0.1) is 0 Å². The Hall–Kier alpha value is -2.49. The number of nitrogens with one attached hydrogen (secondary N) is 1. The van der Waals surface area contributed by atoms with Crippen molar-refractivity contribution in [2.75, 3.05) is 11.9 Å². The average Bonchev–Trinajstić information content (AvgIpc) is 2.46. The molecule has 0 heterocycles. The summed E-state index contributed by atoms with van der Waals surface area (Å²) in [7, 11) is 1.69. The Kier molecular flexibility index (Phi) is 4.03. The highest BCUT2D eigenvalue weighted by Crippen LogP contribution is 2.17. The van der Waals surface area contributed by atoms with E-state index in [2.05, 4.69) is 5.32 Å². The van der Waals surface area contributed by atoms with E-state index in [0.29, 0.717) is 6.54 Å². The first-order valence-corrected chi connectivity index (χ1v) is 6.01. The Labute approximate surface area is 112 Å². The summed E-state index contributed by atoms with van der Waals surface area (Å²) in [6.45, 7) is 0.488. The van der Waals surface area contributed by atoms with Gasteiger partial charge in [0.1, 0.15) is 5.75 Å². The molecule has 2 aromatic rings. The predicted molar refractivity (Wildman–Crippen MR) is 75.2 cm³/mol. The Bertz CT molecular complexity index is 538. The van der Waals surface area contributed by atoms with Crippen LogP contribution in [-0.4, -0.2) is 18.2 Å². The van der Waals surface area contributed by atoms with Crippen LogP contribution < -0.4 is 10.2 Å². The first-order chi connectivity index (χ1) is 9.16. The third kappa shape index (κ3) is 3.48. The first kappa shape index (κ1) is 13.0. The van der Waals surface area contributed by atoms with Gasteiger partial charge in [0, 0.05) is 19.3 Å². The van der Waals surface area contributed by atoms with E-state index in [1.54, 1.807) is 31.3 Å². The van der Waals surface area contributed by atoms with E-state index in [1.807, 2.05) is 30.3 Å². The van der Waals surface area contributed by atoms with Gasteiger partial charge in [0.25, 0.3) is 0 Å². The van der Waals surface area contributed by atoms with Gasteiger partial charge in [0.15, 0.2) is 0 Å². The molecule has 0 saturated carbocycles. The van der Waals surface area contributed by atoms with Crippen molar-refractivity contribution in [2.45, 2.75) is 6.54 Å². The van der Waals surface area contributed by atoms with E-state index in [-0.39, 0.29) is 11.8 Å². The smallest absolute Gasteiger partial charge is 0.321 e. The molecule has 2 amide bonds. The molecular formula is C15H16N2O2. The number of rotatable bonds is 3. The number of benzene rings is 2. The molecule has 0 bridgehead atoms. The number of nitrogens with zero attached hydrogens (tertiary/aromatic N) is 1. The molecule has 0 aliphatic rings. The Balaban J connectivity index is 1.94. The average molecular weight is 256 g/mol. The molecular weight excluding hydrogens is 240 g/mol. The molecule has 19 heavy (non-hydrogen) atoms. The van der Waals surface area contributed by atoms with Crippen LogP contribution in [0.4, 0.5) is 10.5 Å². The second-order valence-corrected chi connectivity index (χ2v) is 4.22. The summed E-state index contributed by atoms with van der Waals surface area (Å²) in [6.07, 6.45) is 0. The molecule has 0 aromatic heterocycles. The maximum Gasteiger partial charge on any atom is 0.321 e. The number of phenols is 1. The fourth-order valence-electron chi connectivity index (χ4n) is 1.69. The summed E-state index contributed by atoms with van der Waals surface area (Å²) in [5.41, 5.74) is 1.78. The zero-order valence-corrected chi connectivity index (χ0v) is 10.7. The Morgan fingerprint density at radius 1 is 1.11 bits per heavy atom. The second-order valence-electron chi connectivity index (χ2n) is 4.22. The minimum absolute atomic E-state index is 0.182. The van der Waals surface area contributed by atoms with Gasteiger partial charge in [0.05, 0.1) is 0 Å². The standard InChI is InChI=1S/C15H16N2O2/c1-17(13-7-9-14(18)10-8-13)15(19)16-11-12-5-3-2-4-6-12/h2-10,18H,11H2,1H3,(H,16,19). The van der Waals surface area contributed by atoms with Crippen molar-refractivity contribution < 1.29 is 9.90 Å². The summed E-state index contributed by atoms with van der Waals surface area (Å²) >= 11 is 0. The van der Waals surface area contributed by atoms with Crippen LogP contribution in [0.15, 0.2) is 54.6 Å². The first-order valence-electron chi connectivity index (χ1n) is 6.01. The Morgan fingerprint density at radius 2 is 1.74 bits per heavy atom. The highest BCUT2D eigenvalue weighted by molar-refractivity contribution is 5.91. The Morgan fingerprint density at radius 3 is 2.37 bits per heavy atom. The van der Waals surface area contributed by atoms with Gasteiger partial charge in [-0.3, -0.25) is 4.90 Å². The lowest BCUT2D eigenvalue weighted by atomic mass is 10.2. The lowest BCUT2D eigenvalue weighted by molar-refractivity contribution is 0.247. The van der Waals surface area contributed by atoms with Gasteiger partial charge in [-0.1, -0.05) is 30.3 Å². The molecule has 0 radical (unpaired) electrons.